The maximum atomic E-state index is 9.77. The molecular formula is C40H26N6S5. The molecule has 246 valence electrons. The number of thiophene rings is 4. The van der Waals surface area contributed by atoms with E-state index in [2.05, 4.69) is 145 Å². The van der Waals surface area contributed by atoms with Crippen LogP contribution in [0.5, 0.6) is 0 Å². The lowest BCUT2D eigenvalue weighted by Crippen LogP contribution is -2.30. The minimum atomic E-state index is 0.330. The predicted molar refractivity (Wildman–Crippen MR) is 220 cm³/mol. The van der Waals surface area contributed by atoms with E-state index in [1.807, 2.05) is 12.4 Å². The fraction of sp³-hybridized carbons (Fsp3) is 0. The van der Waals surface area contributed by atoms with Crippen LogP contribution >= 0.6 is 58.2 Å². The summed E-state index contributed by atoms with van der Waals surface area (Å²) in [5.74, 6) is 0. The second-order valence-corrected chi connectivity index (χ2v) is 16.4. The topological polar surface area (TPSA) is 99.4 Å². The highest BCUT2D eigenvalue weighted by Gasteiger charge is 2.27. The number of H-pyrrole nitrogens is 4. The Morgan fingerprint density at radius 3 is 1.55 bits per heavy atom. The van der Waals surface area contributed by atoms with E-state index in [1.165, 1.54) is 10.8 Å². The Labute approximate surface area is 312 Å². The van der Waals surface area contributed by atoms with Crippen LogP contribution in [0.25, 0.3) is 96.1 Å². The molecule has 2 aliphatic rings. The quantitative estimate of drug-likeness (QED) is 0.0912. The molecule has 0 fully saturated rings. The number of hydrogen-bond donors (Lipinski definition) is 6. The third-order valence-electron chi connectivity index (χ3n) is 9.24. The first kappa shape index (κ1) is 30.6. The summed E-state index contributed by atoms with van der Waals surface area (Å²) in [6.07, 6.45) is 3.94. The highest BCUT2D eigenvalue weighted by Crippen LogP contribution is 2.45. The van der Waals surface area contributed by atoms with Crippen molar-refractivity contribution in [2.24, 2.45) is 4.40 Å². The fourth-order valence-electron chi connectivity index (χ4n) is 6.83. The van der Waals surface area contributed by atoms with Gasteiger partial charge in [-0.05, 0) is 118 Å². The van der Waals surface area contributed by atoms with Gasteiger partial charge in [-0.15, -0.1) is 45.3 Å². The van der Waals surface area contributed by atoms with Crippen LogP contribution in [-0.2, 0) is 0 Å². The minimum absolute atomic E-state index is 0.330. The molecule has 10 rings (SSSR count). The van der Waals surface area contributed by atoms with Gasteiger partial charge < -0.3 is 19.9 Å². The van der Waals surface area contributed by atoms with Gasteiger partial charge in [0.15, 0.2) is 0 Å². The molecule has 0 unspecified atom stereocenters. The fourth-order valence-corrected chi connectivity index (χ4v) is 10.6. The molecule has 0 bridgehead atoms. The smallest absolute Gasteiger partial charge is 0.107 e. The third kappa shape index (κ3) is 5.11. The van der Waals surface area contributed by atoms with Crippen LogP contribution in [0.4, 0.5) is 0 Å². The number of rotatable bonds is 6. The largest absolute Gasteiger partial charge is 0.361 e. The lowest BCUT2D eigenvalue weighted by Gasteiger charge is -2.20. The number of aromatic nitrogens is 4. The lowest BCUT2D eigenvalue weighted by atomic mass is 9.97. The zero-order valence-corrected chi connectivity index (χ0v) is 30.7. The molecule has 6 aromatic heterocycles. The van der Waals surface area contributed by atoms with Crippen molar-refractivity contribution in [3.05, 3.63) is 131 Å². The van der Waals surface area contributed by atoms with Crippen molar-refractivity contribution >= 4 is 80.0 Å². The highest BCUT2D eigenvalue weighted by molar-refractivity contribution is 7.78. The average molecular weight is 751 g/mol. The van der Waals surface area contributed by atoms with Crippen molar-refractivity contribution in [1.82, 2.24) is 19.9 Å². The predicted octanol–water partition coefficient (Wildman–Crippen LogP) is 11.9. The van der Waals surface area contributed by atoms with Crippen molar-refractivity contribution in [2.75, 3.05) is 0 Å². The summed E-state index contributed by atoms with van der Waals surface area (Å²) in [4.78, 5) is 20.9. The van der Waals surface area contributed by atoms with E-state index in [-0.39, 0.29) is 0 Å². The molecule has 8 aromatic rings. The van der Waals surface area contributed by atoms with E-state index < -0.39 is 0 Å². The number of aromatic amines is 4. The lowest BCUT2D eigenvalue weighted by molar-refractivity contribution is 1.15. The summed E-state index contributed by atoms with van der Waals surface area (Å²) in [7, 11) is 0. The Morgan fingerprint density at radius 2 is 1.04 bits per heavy atom. The molecule has 6 nitrogen and oxygen atoms in total. The zero-order valence-electron chi connectivity index (χ0n) is 26.6. The summed E-state index contributed by atoms with van der Waals surface area (Å²) < 4.78 is 4.54. The molecule has 0 saturated heterocycles. The normalized spacial score (nSPS) is 12.2. The van der Waals surface area contributed by atoms with E-state index in [0.717, 1.165) is 85.3 Å². The molecule has 0 amide bonds. The second kappa shape index (κ2) is 12.3. The molecule has 0 atom stereocenters. The van der Waals surface area contributed by atoms with Gasteiger partial charge >= 0.3 is 0 Å². The molecule has 11 heteroatoms. The Bertz CT molecular complexity index is 2960. The van der Waals surface area contributed by atoms with Gasteiger partial charge in [0.05, 0.1) is 37.9 Å². The summed E-state index contributed by atoms with van der Waals surface area (Å²) in [5, 5.41) is 17.2. The maximum absolute atomic E-state index is 9.77. The van der Waals surface area contributed by atoms with Gasteiger partial charge in [-0.3, -0.25) is 5.41 Å². The Balaban J connectivity index is 1.24. The molecule has 5 N–H and O–H groups in total. The summed E-state index contributed by atoms with van der Waals surface area (Å²) in [6.45, 7) is 0. The standard InChI is InChI=1S/C40H26N6S5/c41-35-33(29-11-9-27(50-29)23-5-7-25-21(19-23)13-15-42-25)39-40(45-37(32-4-2-18-49-32)36(44-39)31-3-1-17-48-31)34(38(35)46-47)30-12-10-28(51-30)24-6-8-26-22(20-24)14-16-43-26/h1-20,41-45,47H. The van der Waals surface area contributed by atoms with Gasteiger partial charge in [0.1, 0.15) is 5.36 Å². The number of nitrogens with one attached hydrogen (secondary N) is 5. The Hall–Kier alpha value is -5.17. The van der Waals surface area contributed by atoms with Gasteiger partial charge in [-0.1, -0.05) is 24.3 Å². The second-order valence-electron chi connectivity index (χ2n) is 12.2. The van der Waals surface area contributed by atoms with Gasteiger partial charge in [0.25, 0.3) is 0 Å². The number of benzene rings is 3. The maximum Gasteiger partial charge on any atom is 0.107 e. The summed E-state index contributed by atoms with van der Waals surface area (Å²) in [5.41, 5.74) is 9.89. The van der Waals surface area contributed by atoms with Gasteiger partial charge in [0, 0.05) is 54.1 Å². The van der Waals surface area contributed by atoms with Gasteiger partial charge in [-0.25, -0.2) is 4.40 Å². The van der Waals surface area contributed by atoms with Crippen molar-refractivity contribution < 1.29 is 0 Å². The van der Waals surface area contributed by atoms with Crippen molar-refractivity contribution in [3.63, 3.8) is 0 Å². The van der Waals surface area contributed by atoms with Crippen LogP contribution in [0.15, 0.2) is 125 Å². The molecule has 0 spiro atoms. The SMILES string of the molecule is N=c1c(-c2ccc(-c3ccc4[nH]ccc4c3)s2)c2[nH]c(-c3cccs3)c(-c3cccs3)[nH]c-2c(-c2ccc(-c3ccc4[nH]ccc4c3)s2)c1=NS. The van der Waals surface area contributed by atoms with E-state index in [0.29, 0.717) is 10.7 Å². The number of thiol groups is 1. The molecule has 1 aliphatic heterocycles. The van der Waals surface area contributed by atoms with Crippen LogP contribution in [0.2, 0.25) is 0 Å². The number of nitrogens with zero attached hydrogens (tertiary/aromatic N) is 1. The van der Waals surface area contributed by atoms with Crippen LogP contribution < -0.4 is 10.7 Å². The van der Waals surface area contributed by atoms with Crippen molar-refractivity contribution in [1.29, 1.82) is 5.41 Å². The highest BCUT2D eigenvalue weighted by atomic mass is 32.1. The van der Waals surface area contributed by atoms with E-state index in [9.17, 15) is 5.41 Å². The third-order valence-corrected chi connectivity index (χ3v) is 13.5. The number of hydrogen-bond acceptors (Lipinski definition) is 7. The summed E-state index contributed by atoms with van der Waals surface area (Å²) in [6, 6.07) is 34.2. The minimum Gasteiger partial charge on any atom is -0.361 e. The Morgan fingerprint density at radius 1 is 0.529 bits per heavy atom. The summed E-state index contributed by atoms with van der Waals surface area (Å²) >= 11 is 11.3. The number of fused-ring (bicyclic) bond motifs is 3. The zero-order chi connectivity index (χ0) is 34.1. The molecule has 2 aromatic carbocycles. The van der Waals surface area contributed by atoms with Crippen LogP contribution in [0.1, 0.15) is 0 Å². The van der Waals surface area contributed by atoms with E-state index >= 15 is 0 Å². The first-order valence-electron chi connectivity index (χ1n) is 16.1. The average Bonchev–Trinajstić information content (AvgIpc) is 4.01. The molecule has 51 heavy (non-hydrogen) atoms. The molecule has 0 saturated carbocycles. The Kier molecular flexibility index (Phi) is 7.36. The molecule has 1 aliphatic carbocycles. The first-order valence-corrected chi connectivity index (χ1v) is 19.9. The monoisotopic (exact) mass is 750 g/mol. The van der Waals surface area contributed by atoms with E-state index in [1.54, 1.807) is 45.3 Å². The molecule has 0 radical (unpaired) electrons. The first-order chi connectivity index (χ1) is 25.1. The molecule has 7 heterocycles. The van der Waals surface area contributed by atoms with Gasteiger partial charge in [-0.2, -0.15) is 0 Å². The van der Waals surface area contributed by atoms with Crippen molar-refractivity contribution in [3.8, 4) is 74.3 Å². The van der Waals surface area contributed by atoms with Crippen molar-refractivity contribution in [2.45, 2.75) is 0 Å². The van der Waals surface area contributed by atoms with E-state index in [4.69, 9.17) is 0 Å². The van der Waals surface area contributed by atoms with Crippen LogP contribution in [0, 0.1) is 5.41 Å². The van der Waals surface area contributed by atoms with Crippen LogP contribution in [0.3, 0.4) is 0 Å². The molecular weight excluding hydrogens is 725 g/mol. The van der Waals surface area contributed by atoms with Gasteiger partial charge in [0.2, 0.25) is 0 Å². The van der Waals surface area contributed by atoms with Crippen LogP contribution in [-0.4, -0.2) is 19.9 Å².